The molecule has 1 unspecified atom stereocenters. The fraction of sp³-hybridized carbons (Fsp3) is 0.308. The second-order valence-corrected chi connectivity index (χ2v) is 6.79. The predicted octanol–water partition coefficient (Wildman–Crippen LogP) is 0.808. The zero-order valence-corrected chi connectivity index (χ0v) is 13.5. The van der Waals surface area contributed by atoms with Crippen LogP contribution in [-0.2, 0) is 34.5 Å². The maximum atomic E-state index is 13.0. The molecule has 2 aromatic heterocycles. The first kappa shape index (κ1) is 18.9. The second-order valence-electron chi connectivity index (χ2n) is 5.11. The summed E-state index contributed by atoms with van der Waals surface area (Å²) in [7, 11) is -3.19. The van der Waals surface area contributed by atoms with E-state index in [2.05, 4.69) is 10.1 Å². The quantitative estimate of drug-likeness (QED) is 0.769. The first-order valence-corrected chi connectivity index (χ1v) is 8.23. The van der Waals surface area contributed by atoms with Gasteiger partial charge in [0.1, 0.15) is 10.9 Å². The number of aliphatic carboxylic acids is 1. The number of carboxylic acids is 1. The summed E-state index contributed by atoms with van der Waals surface area (Å²) >= 11 is 0. The number of aryl methyl sites for hydroxylation is 1. The van der Waals surface area contributed by atoms with Gasteiger partial charge in [-0.25, -0.2) is 8.42 Å². The summed E-state index contributed by atoms with van der Waals surface area (Å²) in [5.41, 5.74) is -1.03. The Hall–Kier alpha value is -2.47. The molecule has 0 bridgehead atoms. The van der Waals surface area contributed by atoms with Crippen molar-refractivity contribution in [2.24, 2.45) is 7.05 Å². The van der Waals surface area contributed by atoms with Crippen molar-refractivity contribution >= 4 is 16.0 Å². The summed E-state index contributed by atoms with van der Waals surface area (Å²) in [6.07, 6.45) is -1.11. The zero-order valence-electron chi connectivity index (χ0n) is 12.7. The number of aromatic nitrogens is 3. The van der Waals surface area contributed by atoms with E-state index >= 15 is 0 Å². The smallest absolute Gasteiger partial charge is 0.417 e. The van der Waals surface area contributed by atoms with Crippen LogP contribution in [0.2, 0.25) is 0 Å². The minimum Gasteiger partial charge on any atom is -0.480 e. The molecule has 25 heavy (non-hydrogen) atoms. The van der Waals surface area contributed by atoms with E-state index in [4.69, 9.17) is 0 Å². The van der Waals surface area contributed by atoms with Crippen LogP contribution in [0.5, 0.6) is 0 Å². The van der Waals surface area contributed by atoms with Gasteiger partial charge >= 0.3 is 12.1 Å². The molecule has 0 aliphatic heterocycles. The highest BCUT2D eigenvalue weighted by molar-refractivity contribution is 7.89. The van der Waals surface area contributed by atoms with Crippen LogP contribution in [0, 0.1) is 0 Å². The second kappa shape index (κ2) is 6.80. The zero-order chi connectivity index (χ0) is 18.8. The number of carboxylic acid groups (broad SMARTS) is 1. The summed E-state index contributed by atoms with van der Waals surface area (Å²) in [6, 6.07) is -1.17. The molecule has 0 aromatic carbocycles. The van der Waals surface area contributed by atoms with Crippen molar-refractivity contribution in [3.8, 4) is 0 Å². The van der Waals surface area contributed by atoms with Gasteiger partial charge in [-0.05, 0) is 11.6 Å². The van der Waals surface area contributed by atoms with Crippen LogP contribution in [0.4, 0.5) is 13.2 Å². The Morgan fingerprint density at radius 3 is 2.60 bits per heavy atom. The fourth-order valence-electron chi connectivity index (χ4n) is 2.07. The average molecular weight is 378 g/mol. The van der Waals surface area contributed by atoms with Crippen LogP contribution in [0.3, 0.4) is 0 Å². The molecule has 1 atom stereocenters. The Labute approximate surface area is 140 Å². The molecular weight excluding hydrogens is 365 g/mol. The molecule has 2 heterocycles. The molecule has 0 saturated heterocycles. The summed E-state index contributed by atoms with van der Waals surface area (Å²) in [5, 5.41) is 13.0. The van der Waals surface area contributed by atoms with E-state index in [1.54, 1.807) is 11.8 Å². The number of hydrogen-bond donors (Lipinski definition) is 2. The van der Waals surface area contributed by atoms with Gasteiger partial charge in [-0.3, -0.25) is 14.5 Å². The number of nitrogens with one attached hydrogen (secondary N) is 1. The van der Waals surface area contributed by atoms with Crippen molar-refractivity contribution in [3.05, 3.63) is 42.0 Å². The van der Waals surface area contributed by atoms with Crippen LogP contribution >= 0.6 is 0 Å². The average Bonchev–Trinajstić information content (AvgIpc) is 2.90. The van der Waals surface area contributed by atoms with Crippen molar-refractivity contribution in [2.45, 2.75) is 23.5 Å². The molecule has 2 N–H and O–H groups in total. The Morgan fingerprint density at radius 2 is 2.08 bits per heavy atom. The third-order valence-corrected chi connectivity index (χ3v) is 4.67. The maximum absolute atomic E-state index is 13.0. The third-order valence-electron chi connectivity index (χ3n) is 3.17. The number of hydrogen-bond acceptors (Lipinski definition) is 5. The number of halogens is 3. The van der Waals surface area contributed by atoms with Crippen molar-refractivity contribution in [1.82, 2.24) is 19.5 Å². The summed E-state index contributed by atoms with van der Waals surface area (Å²) < 4.78 is 66.6. The van der Waals surface area contributed by atoms with Crippen LogP contribution in [0.1, 0.15) is 11.1 Å². The molecule has 2 aromatic rings. The van der Waals surface area contributed by atoms with Crippen molar-refractivity contribution in [3.63, 3.8) is 0 Å². The van der Waals surface area contributed by atoms with Crippen molar-refractivity contribution < 1.29 is 31.5 Å². The van der Waals surface area contributed by atoms with E-state index in [0.717, 1.165) is 6.20 Å². The number of sulfonamides is 1. The third kappa shape index (κ3) is 4.54. The molecule has 0 spiro atoms. The van der Waals surface area contributed by atoms with Gasteiger partial charge in [0.05, 0.1) is 11.8 Å². The molecule has 0 aliphatic rings. The highest BCUT2D eigenvalue weighted by Gasteiger charge is 2.38. The molecule has 0 fully saturated rings. The van der Waals surface area contributed by atoms with Crippen LogP contribution in [0.25, 0.3) is 0 Å². The van der Waals surface area contributed by atoms with Gasteiger partial charge in [-0.2, -0.15) is 23.0 Å². The van der Waals surface area contributed by atoms with Crippen LogP contribution < -0.4 is 4.72 Å². The molecule has 136 valence electrons. The molecular formula is C13H13F3N4O4S. The van der Waals surface area contributed by atoms with Crippen LogP contribution in [0.15, 0.2) is 35.7 Å². The van der Waals surface area contributed by atoms with Gasteiger partial charge in [-0.1, -0.05) is 0 Å². The van der Waals surface area contributed by atoms with Gasteiger partial charge in [0, 0.05) is 32.1 Å². The Morgan fingerprint density at radius 1 is 1.40 bits per heavy atom. The Balaban J connectivity index is 2.34. The largest absolute Gasteiger partial charge is 0.480 e. The standard InChI is InChI=1S/C13H13F3N4O4S/c1-20-7-8(5-18-20)4-10(12(21)22)19-25(23,24)11-6-17-3-2-9(11)13(14,15)16/h2-3,5-7,10,19H,4H2,1H3,(H,21,22). The number of alkyl halides is 3. The van der Waals surface area contributed by atoms with E-state index in [9.17, 15) is 31.5 Å². The van der Waals surface area contributed by atoms with Crippen LogP contribution in [-0.4, -0.2) is 40.3 Å². The van der Waals surface area contributed by atoms with Gasteiger partial charge in [0.25, 0.3) is 0 Å². The normalized spacial score (nSPS) is 13.6. The highest BCUT2D eigenvalue weighted by Crippen LogP contribution is 2.33. The number of carbonyl (C=O) groups is 1. The van der Waals surface area contributed by atoms with Gasteiger partial charge < -0.3 is 5.11 Å². The van der Waals surface area contributed by atoms with E-state index in [0.29, 0.717) is 17.8 Å². The monoisotopic (exact) mass is 378 g/mol. The van der Waals surface area contributed by atoms with E-state index in [1.807, 2.05) is 0 Å². The lowest BCUT2D eigenvalue weighted by Crippen LogP contribution is -2.42. The van der Waals surface area contributed by atoms with E-state index in [-0.39, 0.29) is 6.42 Å². The van der Waals surface area contributed by atoms with E-state index < -0.39 is 38.7 Å². The first-order chi connectivity index (χ1) is 11.5. The van der Waals surface area contributed by atoms with Gasteiger partial charge in [0.2, 0.25) is 10.0 Å². The van der Waals surface area contributed by atoms with Crippen molar-refractivity contribution in [2.75, 3.05) is 0 Å². The summed E-state index contributed by atoms with van der Waals surface area (Å²) in [5.74, 6) is -1.54. The number of rotatable bonds is 6. The first-order valence-electron chi connectivity index (χ1n) is 6.74. The molecule has 12 heteroatoms. The lowest BCUT2D eigenvalue weighted by molar-refractivity contribution is -0.140. The summed E-state index contributed by atoms with van der Waals surface area (Å²) in [6.45, 7) is 0. The summed E-state index contributed by atoms with van der Waals surface area (Å²) in [4.78, 5) is 13.6. The molecule has 0 amide bonds. The van der Waals surface area contributed by atoms with Gasteiger partial charge in [-0.15, -0.1) is 0 Å². The number of nitrogens with zero attached hydrogens (tertiary/aromatic N) is 3. The van der Waals surface area contributed by atoms with Crippen molar-refractivity contribution in [1.29, 1.82) is 0 Å². The predicted molar refractivity (Wildman–Crippen MR) is 77.9 cm³/mol. The topological polar surface area (TPSA) is 114 Å². The molecule has 0 saturated carbocycles. The molecule has 0 aliphatic carbocycles. The lowest BCUT2D eigenvalue weighted by atomic mass is 10.1. The fourth-order valence-corrected chi connectivity index (χ4v) is 3.43. The Kier molecular flexibility index (Phi) is 5.13. The van der Waals surface area contributed by atoms with Gasteiger partial charge in [0.15, 0.2) is 0 Å². The maximum Gasteiger partial charge on any atom is 0.417 e. The molecule has 8 nitrogen and oxygen atoms in total. The SMILES string of the molecule is Cn1cc(CC(NS(=O)(=O)c2cnccc2C(F)(F)F)C(=O)O)cn1. The lowest BCUT2D eigenvalue weighted by Gasteiger charge is -2.17. The Bertz CT molecular complexity index is 879. The molecule has 2 rings (SSSR count). The number of pyridine rings is 1. The minimum absolute atomic E-state index is 0.288. The minimum atomic E-state index is -4.94. The van der Waals surface area contributed by atoms with E-state index in [1.165, 1.54) is 17.1 Å². The molecule has 0 radical (unpaired) electrons. The highest BCUT2D eigenvalue weighted by atomic mass is 32.2.